The predicted molar refractivity (Wildman–Crippen MR) is 125 cm³/mol. The molecule has 0 radical (unpaired) electrons. The second kappa shape index (κ2) is 8.23. The number of urea groups is 1. The Hall–Kier alpha value is -2.65. The van der Waals surface area contributed by atoms with Gasteiger partial charge in [0.25, 0.3) is 5.91 Å². The number of carbonyl (C=O) groups excluding carboxylic acids is 2. The van der Waals surface area contributed by atoms with Crippen LogP contribution in [0.4, 0.5) is 4.79 Å². The van der Waals surface area contributed by atoms with Crippen LogP contribution < -0.4 is 10.6 Å². The monoisotopic (exact) mass is 467 g/mol. The van der Waals surface area contributed by atoms with Gasteiger partial charge >= 0.3 is 6.03 Å². The summed E-state index contributed by atoms with van der Waals surface area (Å²) in [7, 11) is 0. The number of nitrogens with zero attached hydrogens (tertiary/aromatic N) is 3. The van der Waals surface area contributed by atoms with E-state index in [1.165, 1.54) is 0 Å². The Labute approximate surface area is 198 Å². The molecule has 5 fully saturated rings. The molecule has 4 N–H and O–H groups in total. The Morgan fingerprint density at radius 1 is 1.18 bits per heavy atom. The number of aliphatic hydroxyl groups excluding tert-OH is 1. The second-order valence-electron chi connectivity index (χ2n) is 11.0. The largest absolute Gasteiger partial charge is 0.391 e. The van der Waals surface area contributed by atoms with Crippen LogP contribution in [-0.4, -0.2) is 74.0 Å². The average Bonchev–Trinajstić information content (AvgIpc) is 3.41. The number of hydrogen-bond acceptors (Lipinski definition) is 5. The van der Waals surface area contributed by atoms with Crippen LogP contribution in [0.5, 0.6) is 0 Å². The van der Waals surface area contributed by atoms with E-state index in [1.54, 1.807) is 11.2 Å². The van der Waals surface area contributed by atoms with E-state index in [2.05, 4.69) is 15.6 Å². The predicted octanol–water partition coefficient (Wildman–Crippen LogP) is 1.48. The van der Waals surface area contributed by atoms with Crippen molar-refractivity contribution in [3.05, 3.63) is 30.1 Å². The lowest BCUT2D eigenvalue weighted by Gasteiger charge is -2.58. The maximum absolute atomic E-state index is 13.1. The molecule has 1 aromatic heterocycles. The van der Waals surface area contributed by atoms with Gasteiger partial charge in [0.15, 0.2) is 0 Å². The Balaban J connectivity index is 1.07. The molecule has 2 heterocycles. The average molecular weight is 468 g/mol. The number of carbonyl (C=O) groups is 2. The minimum Gasteiger partial charge on any atom is -0.391 e. The van der Waals surface area contributed by atoms with Crippen molar-refractivity contribution < 1.29 is 19.8 Å². The van der Waals surface area contributed by atoms with E-state index in [4.69, 9.17) is 0 Å². The van der Waals surface area contributed by atoms with Crippen LogP contribution in [0.15, 0.2) is 24.5 Å². The van der Waals surface area contributed by atoms with Gasteiger partial charge in [-0.2, -0.15) is 0 Å². The number of aliphatic hydroxyl groups is 2. The molecule has 7 rings (SSSR count). The molecule has 182 valence electrons. The molecule has 0 spiro atoms. The number of nitrogens with one attached hydrogen (secondary N) is 2. The van der Waals surface area contributed by atoms with E-state index >= 15 is 0 Å². The summed E-state index contributed by atoms with van der Waals surface area (Å²) in [5.74, 6) is 1.30. The lowest BCUT2D eigenvalue weighted by molar-refractivity contribution is -0.136. The van der Waals surface area contributed by atoms with Gasteiger partial charge in [0.2, 0.25) is 0 Å². The zero-order valence-corrected chi connectivity index (χ0v) is 19.3. The van der Waals surface area contributed by atoms with Crippen LogP contribution in [0.25, 0.3) is 11.0 Å². The molecule has 3 atom stereocenters. The van der Waals surface area contributed by atoms with Gasteiger partial charge in [-0.3, -0.25) is 4.79 Å². The third kappa shape index (κ3) is 3.94. The van der Waals surface area contributed by atoms with Gasteiger partial charge in [-0.15, -0.1) is 0 Å². The van der Waals surface area contributed by atoms with E-state index in [0.717, 1.165) is 43.1 Å². The summed E-state index contributed by atoms with van der Waals surface area (Å²) in [6.07, 6.45) is 6.71. The standard InChI is InChI=1S/C25H33N5O4/c31-19-3-5-29(13-19)24(33)26-4-6-30-14-27-20-9-16(1-2-21(20)30)23(32)28-22-17-7-15-8-18(22)12-25(34,10-15)11-17/h1-2,9,14-15,17-19,22,31,34H,3-8,10-13H2,(H,26,33)(H,28,32). The highest BCUT2D eigenvalue weighted by Crippen LogP contribution is 2.55. The third-order valence-corrected chi connectivity index (χ3v) is 8.50. The molecule has 1 saturated heterocycles. The van der Waals surface area contributed by atoms with Crippen molar-refractivity contribution in [2.24, 2.45) is 17.8 Å². The number of aromatic nitrogens is 2. The van der Waals surface area contributed by atoms with E-state index < -0.39 is 11.7 Å². The summed E-state index contributed by atoms with van der Waals surface area (Å²) in [5.41, 5.74) is 1.77. The molecular weight excluding hydrogens is 434 g/mol. The zero-order valence-electron chi connectivity index (χ0n) is 19.3. The number of imidazole rings is 1. The SMILES string of the molecule is O=C(NC1C2CC3CC1CC(O)(C3)C2)c1ccc2c(c1)ncn2CCNC(=O)N1CCC(O)C1. The highest BCUT2D eigenvalue weighted by atomic mass is 16.3. The van der Waals surface area contributed by atoms with Crippen molar-refractivity contribution in [2.75, 3.05) is 19.6 Å². The molecule has 9 heteroatoms. The fourth-order valence-electron chi connectivity index (χ4n) is 7.16. The van der Waals surface area contributed by atoms with Gasteiger partial charge in [0.1, 0.15) is 0 Å². The van der Waals surface area contributed by atoms with Crippen molar-refractivity contribution in [2.45, 2.75) is 62.8 Å². The molecule has 34 heavy (non-hydrogen) atoms. The van der Waals surface area contributed by atoms with Gasteiger partial charge in [-0.05, 0) is 74.5 Å². The molecule has 9 nitrogen and oxygen atoms in total. The quantitative estimate of drug-likeness (QED) is 0.531. The Bertz CT molecular complexity index is 1100. The number of benzene rings is 1. The Kier molecular flexibility index (Phi) is 5.29. The first-order chi connectivity index (χ1) is 16.4. The molecule has 5 aliphatic rings. The Morgan fingerprint density at radius 2 is 1.97 bits per heavy atom. The lowest BCUT2D eigenvalue weighted by atomic mass is 9.52. The summed E-state index contributed by atoms with van der Waals surface area (Å²) in [4.78, 5) is 31.4. The highest BCUT2D eigenvalue weighted by molar-refractivity contribution is 5.97. The van der Waals surface area contributed by atoms with E-state index in [-0.39, 0.29) is 18.0 Å². The summed E-state index contributed by atoms with van der Waals surface area (Å²) in [5, 5.41) is 26.6. The normalized spacial score (nSPS) is 34.1. The van der Waals surface area contributed by atoms with E-state index in [0.29, 0.717) is 55.9 Å². The molecule has 3 amide bonds. The fourth-order valence-corrected chi connectivity index (χ4v) is 7.16. The summed E-state index contributed by atoms with van der Waals surface area (Å²) in [6, 6.07) is 5.57. The molecule has 1 aliphatic heterocycles. The number of likely N-dealkylation sites (tertiary alicyclic amines) is 1. The van der Waals surface area contributed by atoms with Crippen LogP contribution in [0.2, 0.25) is 0 Å². The summed E-state index contributed by atoms with van der Waals surface area (Å²) < 4.78 is 1.97. The molecule has 2 aromatic rings. The molecule has 4 bridgehead atoms. The minimum atomic E-state index is -0.501. The van der Waals surface area contributed by atoms with Crippen LogP contribution >= 0.6 is 0 Å². The number of rotatable bonds is 5. The highest BCUT2D eigenvalue weighted by Gasteiger charge is 2.55. The molecule has 4 aliphatic carbocycles. The first-order valence-electron chi connectivity index (χ1n) is 12.6. The smallest absolute Gasteiger partial charge is 0.317 e. The summed E-state index contributed by atoms with van der Waals surface area (Å²) in [6.45, 7) is 1.99. The second-order valence-corrected chi connectivity index (χ2v) is 11.0. The van der Waals surface area contributed by atoms with Crippen molar-refractivity contribution in [1.29, 1.82) is 0 Å². The van der Waals surface area contributed by atoms with Gasteiger partial charge in [-0.1, -0.05) is 0 Å². The molecular formula is C25H33N5O4. The van der Waals surface area contributed by atoms with Crippen molar-refractivity contribution in [3.63, 3.8) is 0 Å². The maximum Gasteiger partial charge on any atom is 0.317 e. The van der Waals surface area contributed by atoms with E-state index in [9.17, 15) is 19.8 Å². The van der Waals surface area contributed by atoms with Gasteiger partial charge in [0.05, 0.1) is 29.1 Å². The topological polar surface area (TPSA) is 120 Å². The fraction of sp³-hybridized carbons (Fsp3) is 0.640. The Morgan fingerprint density at radius 3 is 2.68 bits per heavy atom. The van der Waals surface area contributed by atoms with Crippen molar-refractivity contribution in [3.8, 4) is 0 Å². The summed E-state index contributed by atoms with van der Waals surface area (Å²) >= 11 is 0. The number of fused-ring (bicyclic) bond motifs is 1. The van der Waals surface area contributed by atoms with Crippen molar-refractivity contribution in [1.82, 2.24) is 25.1 Å². The zero-order chi connectivity index (χ0) is 23.4. The van der Waals surface area contributed by atoms with Gasteiger partial charge in [-0.25, -0.2) is 9.78 Å². The van der Waals surface area contributed by atoms with Crippen LogP contribution in [-0.2, 0) is 6.54 Å². The first kappa shape index (κ1) is 21.9. The number of β-amino-alcohol motifs (C(OH)–C–C–N with tert-alkyl or cyclic N) is 1. The van der Waals surface area contributed by atoms with Gasteiger partial charge in [0, 0.05) is 37.8 Å². The maximum atomic E-state index is 13.1. The number of hydrogen-bond donors (Lipinski definition) is 4. The third-order valence-electron chi connectivity index (χ3n) is 8.50. The van der Waals surface area contributed by atoms with Crippen LogP contribution in [0, 0.1) is 17.8 Å². The molecule has 4 saturated carbocycles. The van der Waals surface area contributed by atoms with Crippen LogP contribution in [0.3, 0.4) is 0 Å². The van der Waals surface area contributed by atoms with Gasteiger partial charge < -0.3 is 30.3 Å². The first-order valence-corrected chi connectivity index (χ1v) is 12.6. The minimum absolute atomic E-state index is 0.0685. The lowest BCUT2D eigenvalue weighted by Crippen LogP contribution is -2.61. The van der Waals surface area contributed by atoms with E-state index in [1.807, 2.05) is 22.8 Å². The molecule has 1 aromatic carbocycles. The number of amides is 3. The van der Waals surface area contributed by atoms with Crippen LogP contribution in [0.1, 0.15) is 48.9 Å². The molecule has 3 unspecified atom stereocenters. The van der Waals surface area contributed by atoms with Crippen molar-refractivity contribution >= 4 is 23.0 Å².